The van der Waals surface area contributed by atoms with Gasteiger partial charge in [-0.1, -0.05) is 18.2 Å². The molecule has 0 saturated carbocycles. The number of hydrogen-bond acceptors (Lipinski definition) is 5. The van der Waals surface area contributed by atoms with Crippen molar-refractivity contribution < 1.29 is 23.9 Å². The van der Waals surface area contributed by atoms with Gasteiger partial charge in [-0.2, -0.15) is 0 Å². The van der Waals surface area contributed by atoms with Crippen molar-refractivity contribution in [1.29, 1.82) is 0 Å². The predicted molar refractivity (Wildman–Crippen MR) is 100 cm³/mol. The number of para-hydroxylation sites is 1. The Labute approximate surface area is 157 Å². The van der Waals surface area contributed by atoms with Crippen molar-refractivity contribution in [3.8, 4) is 5.75 Å². The first kappa shape index (κ1) is 20.0. The molecule has 0 heterocycles. The van der Waals surface area contributed by atoms with Gasteiger partial charge in [-0.25, -0.2) is 0 Å². The second-order valence-electron chi connectivity index (χ2n) is 5.93. The van der Waals surface area contributed by atoms with Crippen molar-refractivity contribution in [1.82, 2.24) is 0 Å². The lowest BCUT2D eigenvalue weighted by atomic mass is 10.2. The Balaban J connectivity index is 1.77. The van der Waals surface area contributed by atoms with Gasteiger partial charge >= 0.3 is 5.97 Å². The first-order valence-electron chi connectivity index (χ1n) is 8.45. The van der Waals surface area contributed by atoms with Gasteiger partial charge in [0.05, 0.1) is 13.0 Å². The second kappa shape index (κ2) is 9.38. The number of esters is 1. The Morgan fingerprint density at radius 1 is 1.07 bits per heavy atom. The average molecular weight is 370 g/mol. The van der Waals surface area contributed by atoms with Gasteiger partial charge in [-0.15, -0.1) is 0 Å². The second-order valence-corrected chi connectivity index (χ2v) is 5.93. The van der Waals surface area contributed by atoms with E-state index in [0.29, 0.717) is 17.0 Å². The van der Waals surface area contributed by atoms with Crippen molar-refractivity contribution >= 4 is 23.5 Å². The van der Waals surface area contributed by atoms with Crippen LogP contribution in [-0.2, 0) is 14.3 Å². The van der Waals surface area contributed by atoms with Crippen LogP contribution in [0.1, 0.15) is 29.3 Å². The van der Waals surface area contributed by atoms with E-state index < -0.39 is 23.9 Å². The summed E-state index contributed by atoms with van der Waals surface area (Å²) in [6.07, 6.45) is -0.939. The Morgan fingerprint density at radius 3 is 2.37 bits per heavy atom. The SMILES string of the molecule is Cc1ccccc1OCCC(=O)OC(C)C(=O)Nc1ccc(C(N)=O)cc1. The maximum atomic E-state index is 12.1. The number of nitrogens with two attached hydrogens (primary N) is 1. The number of hydrogen-bond donors (Lipinski definition) is 2. The topological polar surface area (TPSA) is 108 Å². The zero-order valence-corrected chi connectivity index (χ0v) is 15.2. The molecule has 7 nitrogen and oxygen atoms in total. The van der Waals surface area contributed by atoms with Gasteiger partial charge in [-0.05, 0) is 49.7 Å². The Hall–Kier alpha value is -3.35. The number of amides is 2. The highest BCUT2D eigenvalue weighted by Crippen LogP contribution is 2.16. The molecule has 0 bridgehead atoms. The lowest BCUT2D eigenvalue weighted by molar-refractivity contribution is -0.153. The van der Waals surface area contributed by atoms with E-state index in [1.807, 2.05) is 31.2 Å². The number of benzene rings is 2. The van der Waals surface area contributed by atoms with Crippen LogP contribution >= 0.6 is 0 Å². The van der Waals surface area contributed by atoms with E-state index in [-0.39, 0.29) is 13.0 Å². The minimum Gasteiger partial charge on any atom is -0.493 e. The van der Waals surface area contributed by atoms with E-state index in [9.17, 15) is 14.4 Å². The molecule has 0 aliphatic heterocycles. The lowest BCUT2D eigenvalue weighted by Crippen LogP contribution is -2.30. The van der Waals surface area contributed by atoms with Gasteiger partial charge in [0.25, 0.3) is 5.91 Å². The number of ether oxygens (including phenoxy) is 2. The van der Waals surface area contributed by atoms with Gasteiger partial charge in [0.15, 0.2) is 6.10 Å². The van der Waals surface area contributed by atoms with E-state index in [0.717, 1.165) is 5.56 Å². The Bertz CT molecular complexity index is 817. The number of primary amides is 1. The molecule has 1 atom stereocenters. The molecule has 2 aromatic rings. The van der Waals surface area contributed by atoms with Crippen LogP contribution in [0.25, 0.3) is 0 Å². The van der Waals surface area contributed by atoms with Crippen molar-refractivity contribution in [2.24, 2.45) is 5.73 Å². The van der Waals surface area contributed by atoms with E-state index in [4.69, 9.17) is 15.2 Å². The summed E-state index contributed by atoms with van der Waals surface area (Å²) in [5.74, 6) is -0.858. The Morgan fingerprint density at radius 2 is 1.74 bits per heavy atom. The van der Waals surface area contributed by atoms with E-state index in [1.165, 1.54) is 19.1 Å². The van der Waals surface area contributed by atoms with Crippen molar-refractivity contribution in [2.75, 3.05) is 11.9 Å². The summed E-state index contributed by atoms with van der Waals surface area (Å²) in [6, 6.07) is 13.6. The van der Waals surface area contributed by atoms with Crippen molar-refractivity contribution in [2.45, 2.75) is 26.4 Å². The van der Waals surface area contributed by atoms with Gasteiger partial charge in [0.2, 0.25) is 5.91 Å². The van der Waals surface area contributed by atoms with Crippen LogP contribution in [0.15, 0.2) is 48.5 Å². The van der Waals surface area contributed by atoms with E-state index >= 15 is 0 Å². The molecule has 27 heavy (non-hydrogen) atoms. The average Bonchev–Trinajstić information content (AvgIpc) is 2.63. The molecule has 3 N–H and O–H groups in total. The maximum Gasteiger partial charge on any atom is 0.310 e. The summed E-state index contributed by atoms with van der Waals surface area (Å²) in [5.41, 5.74) is 6.94. The monoisotopic (exact) mass is 370 g/mol. The lowest BCUT2D eigenvalue weighted by Gasteiger charge is -2.14. The van der Waals surface area contributed by atoms with Crippen LogP contribution < -0.4 is 15.8 Å². The molecule has 0 aromatic heterocycles. The van der Waals surface area contributed by atoms with Crippen LogP contribution in [0, 0.1) is 6.92 Å². The highest BCUT2D eigenvalue weighted by molar-refractivity contribution is 5.96. The number of anilines is 1. The van der Waals surface area contributed by atoms with E-state index in [1.54, 1.807) is 12.1 Å². The molecule has 2 rings (SSSR count). The molecule has 0 fully saturated rings. The van der Waals surface area contributed by atoms with Crippen LogP contribution in [0.5, 0.6) is 5.75 Å². The highest BCUT2D eigenvalue weighted by Gasteiger charge is 2.18. The van der Waals surface area contributed by atoms with Crippen LogP contribution in [0.3, 0.4) is 0 Å². The summed E-state index contributed by atoms with van der Waals surface area (Å²) in [6.45, 7) is 3.55. The minimum absolute atomic E-state index is 0.0270. The van der Waals surface area contributed by atoms with Crippen molar-refractivity contribution in [3.05, 3.63) is 59.7 Å². The normalized spacial score (nSPS) is 11.3. The molecule has 0 aliphatic carbocycles. The number of nitrogens with one attached hydrogen (secondary N) is 1. The molecule has 7 heteroatoms. The third-order valence-corrected chi connectivity index (χ3v) is 3.77. The minimum atomic E-state index is -0.966. The molecular formula is C20H22N2O5. The zero-order valence-electron chi connectivity index (χ0n) is 15.2. The third-order valence-electron chi connectivity index (χ3n) is 3.77. The molecule has 0 spiro atoms. The molecule has 0 radical (unpaired) electrons. The standard InChI is InChI=1S/C20H22N2O5/c1-13-5-3-4-6-17(13)26-12-11-18(23)27-14(2)20(25)22-16-9-7-15(8-10-16)19(21)24/h3-10,14H,11-12H2,1-2H3,(H2,21,24)(H,22,25). The molecule has 2 aromatic carbocycles. The summed E-state index contributed by atoms with van der Waals surface area (Å²) in [4.78, 5) is 35.0. The molecule has 1 unspecified atom stereocenters. The largest absolute Gasteiger partial charge is 0.493 e. The van der Waals surface area contributed by atoms with Crippen molar-refractivity contribution in [3.63, 3.8) is 0 Å². The zero-order chi connectivity index (χ0) is 19.8. The first-order chi connectivity index (χ1) is 12.9. The Kier molecular flexibility index (Phi) is 6.93. The number of carbonyl (C=O) groups excluding carboxylic acids is 3. The quantitative estimate of drug-likeness (QED) is 0.694. The van der Waals surface area contributed by atoms with E-state index in [2.05, 4.69) is 5.32 Å². The molecule has 0 aliphatic rings. The van der Waals surface area contributed by atoms with Gasteiger partial charge < -0.3 is 20.5 Å². The molecule has 2 amide bonds. The summed E-state index contributed by atoms with van der Waals surface area (Å²) >= 11 is 0. The molecule has 0 saturated heterocycles. The fraction of sp³-hybridized carbons (Fsp3) is 0.250. The van der Waals surface area contributed by atoms with Gasteiger partial charge in [-0.3, -0.25) is 14.4 Å². The summed E-state index contributed by atoms with van der Waals surface area (Å²) in [5, 5.41) is 2.60. The molecule has 142 valence electrons. The smallest absolute Gasteiger partial charge is 0.310 e. The highest BCUT2D eigenvalue weighted by atomic mass is 16.5. The van der Waals surface area contributed by atoms with Crippen LogP contribution in [0.4, 0.5) is 5.69 Å². The van der Waals surface area contributed by atoms with Gasteiger partial charge in [0, 0.05) is 11.3 Å². The predicted octanol–water partition coefficient (Wildman–Crippen LogP) is 2.43. The number of carbonyl (C=O) groups is 3. The third kappa shape index (κ3) is 6.14. The molecular weight excluding hydrogens is 348 g/mol. The fourth-order valence-corrected chi connectivity index (χ4v) is 2.23. The number of aryl methyl sites for hydroxylation is 1. The van der Waals surface area contributed by atoms with Gasteiger partial charge in [0.1, 0.15) is 5.75 Å². The first-order valence-corrected chi connectivity index (χ1v) is 8.45. The fourth-order valence-electron chi connectivity index (χ4n) is 2.23. The maximum absolute atomic E-state index is 12.1. The van der Waals surface area contributed by atoms with Crippen LogP contribution in [-0.4, -0.2) is 30.5 Å². The van der Waals surface area contributed by atoms with Crippen LogP contribution in [0.2, 0.25) is 0 Å². The number of rotatable bonds is 8. The summed E-state index contributed by atoms with van der Waals surface area (Å²) < 4.78 is 10.6. The summed E-state index contributed by atoms with van der Waals surface area (Å²) in [7, 11) is 0.